The first kappa shape index (κ1) is 22.3. The first-order valence-electron chi connectivity index (χ1n) is 10.3. The number of hydrogen-bond acceptors (Lipinski definition) is 2. The smallest absolute Gasteiger partial charge is 0.341 e. The maximum absolute atomic E-state index is 14.9. The lowest BCUT2D eigenvalue weighted by Crippen LogP contribution is -2.30. The molecule has 4 aromatic rings. The third-order valence-corrected chi connectivity index (χ3v) is 6.33. The van der Waals surface area contributed by atoms with Gasteiger partial charge in [0.25, 0.3) is 0 Å². The van der Waals surface area contributed by atoms with Crippen LogP contribution in [0.25, 0.3) is 11.1 Å². The van der Waals surface area contributed by atoms with Gasteiger partial charge in [-0.1, -0.05) is 48.5 Å². The number of fused-ring (bicyclic) bond motifs is 3. The molecule has 174 valence electrons. The van der Waals surface area contributed by atoms with Gasteiger partial charge in [0.05, 0.1) is 5.41 Å². The van der Waals surface area contributed by atoms with E-state index in [1.807, 2.05) is 0 Å². The lowest BCUT2D eigenvalue weighted by molar-refractivity contribution is 0.0675. The second kappa shape index (κ2) is 7.80. The van der Waals surface area contributed by atoms with Gasteiger partial charge in [0.1, 0.15) is 34.4 Å². The second-order valence-corrected chi connectivity index (χ2v) is 8.08. The minimum atomic E-state index is -1.81. The van der Waals surface area contributed by atoms with Crippen molar-refractivity contribution < 1.29 is 37.4 Å². The zero-order valence-electron chi connectivity index (χ0n) is 17.7. The standard InChI is InChI=1S/C27H14F4O4/c28-19-9-13(10-20(29)23(19)25(32)33)27(14-11-21(30)24(26(34)35)22(31)12-14)17-7-3-1-5-15(17)16-6-2-4-8-18(16)27/h1-12H,(H,32,33)(H,34,35). The van der Waals surface area contributed by atoms with Crippen LogP contribution < -0.4 is 0 Å². The van der Waals surface area contributed by atoms with Crippen molar-refractivity contribution in [2.45, 2.75) is 5.41 Å². The van der Waals surface area contributed by atoms with E-state index in [0.717, 1.165) is 24.3 Å². The molecule has 0 spiro atoms. The molecule has 8 heteroatoms. The van der Waals surface area contributed by atoms with E-state index < -0.39 is 51.7 Å². The molecule has 2 N–H and O–H groups in total. The van der Waals surface area contributed by atoms with Crippen molar-refractivity contribution in [3.05, 3.63) is 129 Å². The minimum Gasteiger partial charge on any atom is -0.477 e. The van der Waals surface area contributed by atoms with Gasteiger partial charge < -0.3 is 10.2 Å². The van der Waals surface area contributed by atoms with Gasteiger partial charge in [0, 0.05) is 0 Å². The van der Waals surface area contributed by atoms with Crippen LogP contribution in [0.2, 0.25) is 0 Å². The highest BCUT2D eigenvalue weighted by molar-refractivity contribution is 5.91. The Labute approximate surface area is 195 Å². The maximum atomic E-state index is 14.9. The quantitative estimate of drug-likeness (QED) is 0.311. The first-order valence-corrected chi connectivity index (χ1v) is 10.3. The Kier molecular flexibility index (Phi) is 4.98. The molecule has 5 rings (SSSR count). The van der Waals surface area contributed by atoms with Crippen LogP contribution in [0.1, 0.15) is 43.0 Å². The molecular weight excluding hydrogens is 464 g/mol. The Bertz CT molecular complexity index is 1400. The summed E-state index contributed by atoms with van der Waals surface area (Å²) >= 11 is 0. The Morgan fingerprint density at radius 2 is 0.886 bits per heavy atom. The fraction of sp³-hybridized carbons (Fsp3) is 0.0370. The normalized spacial score (nSPS) is 13.3. The summed E-state index contributed by atoms with van der Waals surface area (Å²) in [4.78, 5) is 22.8. The molecule has 1 aliphatic carbocycles. The SMILES string of the molecule is O=C(O)c1c(F)cc(C2(c3cc(F)c(C(=O)O)c(F)c3)c3ccccc3-c3ccccc32)cc1F. The van der Waals surface area contributed by atoms with Gasteiger partial charge in [-0.3, -0.25) is 0 Å². The van der Waals surface area contributed by atoms with E-state index in [-0.39, 0.29) is 11.1 Å². The highest BCUT2D eigenvalue weighted by atomic mass is 19.1. The summed E-state index contributed by atoms with van der Waals surface area (Å²) in [5.74, 6) is -9.08. The number of hydrogen-bond donors (Lipinski definition) is 2. The average molecular weight is 478 g/mol. The summed E-state index contributed by atoms with van der Waals surface area (Å²) < 4.78 is 59.7. The molecule has 4 aromatic carbocycles. The molecule has 1 aliphatic rings. The summed E-state index contributed by atoms with van der Waals surface area (Å²) in [6.45, 7) is 0. The van der Waals surface area contributed by atoms with E-state index in [1.54, 1.807) is 48.5 Å². The van der Waals surface area contributed by atoms with Gasteiger partial charge in [-0.25, -0.2) is 27.2 Å². The number of carboxylic acids is 2. The average Bonchev–Trinajstić information content (AvgIpc) is 3.09. The van der Waals surface area contributed by atoms with Crippen LogP contribution in [0.15, 0.2) is 72.8 Å². The van der Waals surface area contributed by atoms with E-state index in [1.165, 1.54) is 0 Å². The summed E-state index contributed by atoms with van der Waals surface area (Å²) in [5.41, 5.74) is -2.10. The molecule has 0 aromatic heterocycles. The van der Waals surface area contributed by atoms with Crippen molar-refractivity contribution in [3.8, 4) is 11.1 Å². The van der Waals surface area contributed by atoms with Crippen molar-refractivity contribution >= 4 is 11.9 Å². The van der Waals surface area contributed by atoms with E-state index in [2.05, 4.69) is 0 Å². The fourth-order valence-electron chi connectivity index (χ4n) is 5.01. The van der Waals surface area contributed by atoms with Crippen molar-refractivity contribution in [1.29, 1.82) is 0 Å². The Hall–Kier alpha value is -4.46. The number of carboxylic acid groups (broad SMARTS) is 2. The minimum absolute atomic E-state index is 0.114. The molecule has 35 heavy (non-hydrogen) atoms. The predicted octanol–water partition coefficient (Wildman–Crippen LogP) is 6.00. The fourth-order valence-corrected chi connectivity index (χ4v) is 5.01. The molecule has 4 nitrogen and oxygen atoms in total. The predicted molar refractivity (Wildman–Crippen MR) is 117 cm³/mol. The highest BCUT2D eigenvalue weighted by Crippen LogP contribution is 2.56. The topological polar surface area (TPSA) is 74.6 Å². The largest absolute Gasteiger partial charge is 0.477 e. The van der Waals surface area contributed by atoms with Gasteiger partial charge >= 0.3 is 11.9 Å². The van der Waals surface area contributed by atoms with Crippen LogP contribution in [0, 0.1) is 23.3 Å². The molecule has 0 fully saturated rings. The third kappa shape index (κ3) is 3.06. The van der Waals surface area contributed by atoms with Crippen LogP contribution in [-0.4, -0.2) is 22.2 Å². The molecule has 0 amide bonds. The zero-order valence-corrected chi connectivity index (χ0v) is 17.7. The van der Waals surface area contributed by atoms with Crippen LogP contribution in [-0.2, 0) is 5.41 Å². The van der Waals surface area contributed by atoms with Gasteiger partial charge in [-0.05, 0) is 57.6 Å². The van der Waals surface area contributed by atoms with Gasteiger partial charge in [0.15, 0.2) is 0 Å². The van der Waals surface area contributed by atoms with Crippen molar-refractivity contribution in [2.75, 3.05) is 0 Å². The molecule has 0 unspecified atom stereocenters. The number of rotatable bonds is 4. The Morgan fingerprint density at radius 1 is 0.571 bits per heavy atom. The van der Waals surface area contributed by atoms with Crippen LogP contribution in [0.4, 0.5) is 17.6 Å². The maximum Gasteiger partial charge on any atom is 0.341 e. The van der Waals surface area contributed by atoms with Gasteiger partial charge in [0.2, 0.25) is 0 Å². The van der Waals surface area contributed by atoms with E-state index in [0.29, 0.717) is 22.3 Å². The van der Waals surface area contributed by atoms with Crippen LogP contribution >= 0.6 is 0 Å². The number of aromatic carboxylic acids is 2. The first-order chi connectivity index (χ1) is 16.7. The number of carbonyl (C=O) groups is 2. The second-order valence-electron chi connectivity index (χ2n) is 8.08. The van der Waals surface area contributed by atoms with Gasteiger partial charge in [-0.2, -0.15) is 0 Å². The summed E-state index contributed by atoms with van der Waals surface area (Å²) in [5, 5.41) is 18.4. The van der Waals surface area contributed by atoms with E-state index in [9.17, 15) is 37.4 Å². The number of halogens is 4. The lowest BCUT2D eigenvalue weighted by Gasteiger charge is -2.34. The molecule has 0 bridgehead atoms. The molecular formula is C27H14F4O4. The Balaban J connectivity index is 1.97. The zero-order chi connectivity index (χ0) is 25.1. The molecule has 0 aliphatic heterocycles. The third-order valence-electron chi connectivity index (χ3n) is 6.33. The molecule has 0 saturated heterocycles. The summed E-state index contributed by atoms with van der Waals surface area (Å²) in [6.07, 6.45) is 0. The van der Waals surface area contributed by atoms with E-state index in [4.69, 9.17) is 0 Å². The number of benzene rings is 4. The van der Waals surface area contributed by atoms with Crippen molar-refractivity contribution in [2.24, 2.45) is 0 Å². The summed E-state index contributed by atoms with van der Waals surface area (Å²) in [6, 6.07) is 16.8. The molecule has 0 atom stereocenters. The van der Waals surface area contributed by atoms with Gasteiger partial charge in [-0.15, -0.1) is 0 Å². The molecule has 0 heterocycles. The highest BCUT2D eigenvalue weighted by Gasteiger charge is 2.47. The van der Waals surface area contributed by atoms with Crippen molar-refractivity contribution in [3.63, 3.8) is 0 Å². The Morgan fingerprint density at radius 3 is 1.20 bits per heavy atom. The van der Waals surface area contributed by atoms with Crippen molar-refractivity contribution in [1.82, 2.24) is 0 Å². The lowest BCUT2D eigenvalue weighted by atomic mass is 9.67. The van der Waals surface area contributed by atoms with E-state index >= 15 is 0 Å². The monoisotopic (exact) mass is 478 g/mol. The van der Waals surface area contributed by atoms with Crippen LogP contribution in [0.5, 0.6) is 0 Å². The molecule has 0 radical (unpaired) electrons. The summed E-state index contributed by atoms with van der Waals surface area (Å²) in [7, 11) is 0. The van der Waals surface area contributed by atoms with Crippen LogP contribution in [0.3, 0.4) is 0 Å². The molecule has 0 saturated carbocycles.